The van der Waals surface area contributed by atoms with Crippen LogP contribution in [0.5, 0.6) is 5.75 Å². The molecule has 122 valence electrons. The van der Waals surface area contributed by atoms with Gasteiger partial charge in [0.05, 0.1) is 5.56 Å². The van der Waals surface area contributed by atoms with Gasteiger partial charge in [-0.15, -0.1) is 0 Å². The van der Waals surface area contributed by atoms with Gasteiger partial charge >= 0.3 is 5.97 Å². The van der Waals surface area contributed by atoms with Gasteiger partial charge in [0.25, 0.3) is 0 Å². The Labute approximate surface area is 137 Å². The molecule has 0 bridgehead atoms. The van der Waals surface area contributed by atoms with Crippen LogP contribution in [0.15, 0.2) is 36.4 Å². The molecule has 0 unspecified atom stereocenters. The predicted octanol–water partition coefficient (Wildman–Crippen LogP) is 4.78. The summed E-state index contributed by atoms with van der Waals surface area (Å²) in [5.41, 5.74) is 4.25. The Bertz CT molecular complexity index is 702. The number of carboxylic acids is 1. The molecule has 1 N–H and O–H groups in total. The van der Waals surface area contributed by atoms with Gasteiger partial charge in [-0.2, -0.15) is 0 Å². The maximum atomic E-state index is 11.3. The monoisotopic (exact) mass is 312 g/mol. The SMILES string of the molecule is Cc1cc(COc2cccc(CC(C)C)c2)cc(C(=O)O)c1C. The van der Waals surface area contributed by atoms with Crippen LogP contribution in [-0.4, -0.2) is 11.1 Å². The molecule has 3 heteroatoms. The number of benzene rings is 2. The van der Waals surface area contributed by atoms with E-state index in [0.717, 1.165) is 28.9 Å². The first kappa shape index (κ1) is 17.1. The van der Waals surface area contributed by atoms with E-state index in [0.29, 0.717) is 18.1 Å². The minimum Gasteiger partial charge on any atom is -0.489 e. The van der Waals surface area contributed by atoms with Crippen molar-refractivity contribution in [2.24, 2.45) is 5.92 Å². The van der Waals surface area contributed by atoms with E-state index in [-0.39, 0.29) is 0 Å². The Morgan fingerprint density at radius 1 is 1.13 bits per heavy atom. The summed E-state index contributed by atoms with van der Waals surface area (Å²) >= 11 is 0. The zero-order valence-electron chi connectivity index (χ0n) is 14.2. The van der Waals surface area contributed by atoms with Crippen LogP contribution in [-0.2, 0) is 13.0 Å². The van der Waals surface area contributed by atoms with E-state index in [2.05, 4.69) is 26.0 Å². The number of carboxylic acid groups (broad SMARTS) is 1. The van der Waals surface area contributed by atoms with Gasteiger partial charge in [0.1, 0.15) is 12.4 Å². The summed E-state index contributed by atoms with van der Waals surface area (Å²) in [6.07, 6.45) is 1.02. The zero-order valence-corrected chi connectivity index (χ0v) is 14.2. The Morgan fingerprint density at radius 2 is 1.87 bits per heavy atom. The van der Waals surface area contributed by atoms with Crippen LogP contribution >= 0.6 is 0 Å². The van der Waals surface area contributed by atoms with Gasteiger partial charge in [-0.25, -0.2) is 4.79 Å². The van der Waals surface area contributed by atoms with E-state index in [9.17, 15) is 9.90 Å². The Kier molecular flexibility index (Phi) is 5.43. The van der Waals surface area contributed by atoms with Crippen LogP contribution < -0.4 is 4.74 Å². The molecule has 0 atom stereocenters. The third kappa shape index (κ3) is 4.59. The molecule has 0 spiro atoms. The quantitative estimate of drug-likeness (QED) is 0.835. The fourth-order valence-corrected chi connectivity index (χ4v) is 2.64. The standard InChI is InChI=1S/C20H24O3/c1-13(2)8-16-6-5-7-18(10-16)23-12-17-9-14(3)15(4)19(11-17)20(21)22/h5-7,9-11,13H,8,12H2,1-4H3,(H,21,22). The summed E-state index contributed by atoms with van der Waals surface area (Å²) in [6.45, 7) is 8.51. The zero-order chi connectivity index (χ0) is 17.0. The fraction of sp³-hybridized carbons (Fsp3) is 0.350. The molecule has 0 aliphatic heterocycles. The van der Waals surface area contributed by atoms with Gasteiger partial charge in [-0.1, -0.05) is 32.0 Å². The molecule has 0 saturated heterocycles. The lowest BCUT2D eigenvalue weighted by Crippen LogP contribution is -2.05. The van der Waals surface area contributed by atoms with Crippen LogP contribution in [0.25, 0.3) is 0 Å². The topological polar surface area (TPSA) is 46.5 Å². The molecular weight excluding hydrogens is 288 g/mol. The molecule has 23 heavy (non-hydrogen) atoms. The van der Waals surface area contributed by atoms with Gasteiger partial charge in [0.2, 0.25) is 0 Å². The number of hydrogen-bond donors (Lipinski definition) is 1. The maximum absolute atomic E-state index is 11.3. The van der Waals surface area contributed by atoms with Crippen molar-refractivity contribution in [2.75, 3.05) is 0 Å². The Balaban J connectivity index is 2.13. The van der Waals surface area contributed by atoms with Crippen molar-refractivity contribution >= 4 is 5.97 Å². The molecule has 2 rings (SSSR count). The average Bonchev–Trinajstić information content (AvgIpc) is 2.47. The lowest BCUT2D eigenvalue weighted by atomic mass is 10.00. The van der Waals surface area contributed by atoms with Gasteiger partial charge in [0.15, 0.2) is 0 Å². The van der Waals surface area contributed by atoms with E-state index in [1.165, 1.54) is 5.56 Å². The van der Waals surface area contributed by atoms with Crippen molar-refractivity contribution < 1.29 is 14.6 Å². The van der Waals surface area contributed by atoms with Crippen LogP contribution in [0, 0.1) is 19.8 Å². The molecule has 0 radical (unpaired) electrons. The van der Waals surface area contributed by atoms with Crippen molar-refractivity contribution in [1.29, 1.82) is 0 Å². The number of aryl methyl sites for hydroxylation is 1. The van der Waals surface area contributed by atoms with Gasteiger partial charge in [-0.3, -0.25) is 0 Å². The van der Waals surface area contributed by atoms with Crippen LogP contribution in [0.4, 0.5) is 0 Å². The normalized spacial score (nSPS) is 10.8. The highest BCUT2D eigenvalue weighted by Crippen LogP contribution is 2.20. The Hall–Kier alpha value is -2.29. The summed E-state index contributed by atoms with van der Waals surface area (Å²) in [5.74, 6) is 0.521. The predicted molar refractivity (Wildman–Crippen MR) is 92.2 cm³/mol. The lowest BCUT2D eigenvalue weighted by Gasteiger charge is -2.12. The highest BCUT2D eigenvalue weighted by molar-refractivity contribution is 5.90. The second-order valence-corrected chi connectivity index (χ2v) is 6.42. The van der Waals surface area contributed by atoms with E-state index in [1.54, 1.807) is 6.07 Å². The number of rotatable bonds is 6. The molecule has 0 aliphatic carbocycles. The third-order valence-electron chi connectivity index (χ3n) is 3.91. The summed E-state index contributed by atoms with van der Waals surface area (Å²) in [6, 6.07) is 11.8. The lowest BCUT2D eigenvalue weighted by molar-refractivity contribution is 0.0696. The van der Waals surface area contributed by atoms with Crippen molar-refractivity contribution in [2.45, 2.75) is 40.7 Å². The molecular formula is C20H24O3. The first-order valence-electron chi connectivity index (χ1n) is 7.92. The smallest absolute Gasteiger partial charge is 0.335 e. The highest BCUT2D eigenvalue weighted by Gasteiger charge is 2.11. The molecule has 3 nitrogen and oxygen atoms in total. The van der Waals surface area contributed by atoms with Crippen LogP contribution in [0.3, 0.4) is 0 Å². The molecule has 0 aromatic heterocycles. The number of hydrogen-bond acceptors (Lipinski definition) is 2. The molecule has 0 aliphatic rings. The fourth-order valence-electron chi connectivity index (χ4n) is 2.64. The first-order chi connectivity index (χ1) is 10.9. The van der Waals surface area contributed by atoms with Crippen LogP contribution in [0.2, 0.25) is 0 Å². The molecule has 0 saturated carbocycles. The van der Waals surface area contributed by atoms with E-state index < -0.39 is 5.97 Å². The average molecular weight is 312 g/mol. The van der Waals surface area contributed by atoms with E-state index >= 15 is 0 Å². The molecule has 0 amide bonds. The van der Waals surface area contributed by atoms with E-state index in [4.69, 9.17) is 4.74 Å². The van der Waals surface area contributed by atoms with Gasteiger partial charge in [0, 0.05) is 0 Å². The summed E-state index contributed by atoms with van der Waals surface area (Å²) < 4.78 is 5.85. The van der Waals surface area contributed by atoms with Gasteiger partial charge in [-0.05, 0) is 66.6 Å². The Morgan fingerprint density at radius 3 is 2.52 bits per heavy atom. The number of ether oxygens (including phenoxy) is 1. The molecule has 0 fully saturated rings. The summed E-state index contributed by atoms with van der Waals surface area (Å²) in [5, 5.41) is 9.28. The maximum Gasteiger partial charge on any atom is 0.335 e. The number of aromatic carboxylic acids is 1. The second kappa shape index (κ2) is 7.32. The largest absolute Gasteiger partial charge is 0.489 e. The van der Waals surface area contributed by atoms with Crippen LogP contribution in [0.1, 0.15) is 46.5 Å². The van der Waals surface area contributed by atoms with Crippen molar-refractivity contribution in [3.8, 4) is 5.75 Å². The highest BCUT2D eigenvalue weighted by atomic mass is 16.5. The minimum absolute atomic E-state index is 0.345. The summed E-state index contributed by atoms with van der Waals surface area (Å²) in [4.78, 5) is 11.3. The second-order valence-electron chi connectivity index (χ2n) is 6.42. The molecule has 2 aromatic carbocycles. The van der Waals surface area contributed by atoms with E-state index in [1.807, 2.05) is 32.0 Å². The van der Waals surface area contributed by atoms with Crippen molar-refractivity contribution in [1.82, 2.24) is 0 Å². The van der Waals surface area contributed by atoms with Crippen molar-refractivity contribution in [3.63, 3.8) is 0 Å². The van der Waals surface area contributed by atoms with Crippen molar-refractivity contribution in [3.05, 3.63) is 64.2 Å². The molecule has 0 heterocycles. The summed E-state index contributed by atoms with van der Waals surface area (Å²) in [7, 11) is 0. The minimum atomic E-state index is -0.897. The third-order valence-corrected chi connectivity index (χ3v) is 3.91. The first-order valence-corrected chi connectivity index (χ1v) is 7.92. The number of carbonyl (C=O) groups is 1. The van der Waals surface area contributed by atoms with Gasteiger partial charge < -0.3 is 9.84 Å². The molecule has 2 aromatic rings.